The molecule has 0 aliphatic rings. The van der Waals surface area contributed by atoms with E-state index in [-0.39, 0.29) is 0 Å². The molecule has 0 aliphatic heterocycles. The van der Waals surface area contributed by atoms with Gasteiger partial charge >= 0.3 is 0 Å². The Balaban J connectivity index is 3.37. The van der Waals surface area contributed by atoms with Crippen LogP contribution in [0.4, 0.5) is 0 Å². The molecule has 4 heteroatoms. The molecule has 0 radical (unpaired) electrons. The van der Waals surface area contributed by atoms with E-state index in [1.54, 1.807) is 6.08 Å². The van der Waals surface area contributed by atoms with Crippen molar-refractivity contribution in [1.29, 1.82) is 0 Å². The van der Waals surface area contributed by atoms with E-state index < -0.39 is 12.1 Å². The van der Waals surface area contributed by atoms with Gasteiger partial charge in [0.15, 0.2) is 0 Å². The molecule has 0 aliphatic carbocycles. The summed E-state index contributed by atoms with van der Waals surface area (Å²) in [6.45, 7) is 3.91. The molecule has 0 heterocycles. The van der Waals surface area contributed by atoms with Gasteiger partial charge < -0.3 is 11.5 Å². The third kappa shape index (κ3) is 3.69. The molecule has 1 atom stereocenters. The van der Waals surface area contributed by atoms with Gasteiger partial charge in [-0.05, 0) is 0 Å². The molecule has 0 fully saturated rings. The molecule has 0 aromatic heterocycles. The van der Waals surface area contributed by atoms with Crippen molar-refractivity contribution in [2.24, 2.45) is 11.5 Å². The summed E-state index contributed by atoms with van der Waals surface area (Å²) >= 11 is 0. The molecular weight excluding hydrogens is 118 g/mol. The molecule has 0 saturated heterocycles. The average molecular weight is 129 g/mol. The van der Waals surface area contributed by atoms with Gasteiger partial charge in [-0.1, -0.05) is 6.08 Å². The lowest BCUT2D eigenvalue weighted by Crippen LogP contribution is -2.48. The minimum atomic E-state index is -0.761. The lowest BCUT2D eigenvalue weighted by Gasteiger charge is -2.05. The van der Waals surface area contributed by atoms with Crippen molar-refractivity contribution in [1.82, 2.24) is 5.32 Å². The molecule has 1 amide bonds. The summed E-state index contributed by atoms with van der Waals surface area (Å²) in [5.41, 5.74) is 9.99. The summed E-state index contributed by atoms with van der Waals surface area (Å²) in [6.07, 6.45) is 0.839. The van der Waals surface area contributed by atoms with E-state index in [1.165, 1.54) is 0 Å². The fourth-order valence-electron chi connectivity index (χ4n) is 0.311. The van der Waals surface area contributed by atoms with Crippen molar-refractivity contribution in [3.8, 4) is 0 Å². The van der Waals surface area contributed by atoms with Gasteiger partial charge in [0.2, 0.25) is 5.91 Å². The first-order valence-corrected chi connectivity index (χ1v) is 2.57. The van der Waals surface area contributed by atoms with Crippen molar-refractivity contribution in [3.63, 3.8) is 0 Å². The van der Waals surface area contributed by atoms with Crippen LogP contribution in [0.2, 0.25) is 0 Å². The van der Waals surface area contributed by atoms with Gasteiger partial charge in [-0.2, -0.15) is 0 Å². The number of carbonyl (C=O) groups excluding carboxylic acids is 1. The zero-order chi connectivity index (χ0) is 7.28. The van der Waals surface area contributed by atoms with E-state index in [1.807, 2.05) is 0 Å². The standard InChI is InChI=1S/C5H11N3O/c1-2-3-8-4(6)5(7)9/h2,4,8H,1,3,6H2,(H2,7,9). The number of nitrogens with one attached hydrogen (secondary N) is 1. The molecule has 9 heavy (non-hydrogen) atoms. The first-order chi connectivity index (χ1) is 4.18. The van der Waals surface area contributed by atoms with E-state index in [4.69, 9.17) is 11.5 Å². The van der Waals surface area contributed by atoms with Gasteiger partial charge in [-0.3, -0.25) is 10.1 Å². The molecule has 0 saturated carbocycles. The smallest absolute Gasteiger partial charge is 0.249 e. The van der Waals surface area contributed by atoms with Crippen LogP contribution in [0, 0.1) is 0 Å². The van der Waals surface area contributed by atoms with Crippen molar-refractivity contribution in [2.45, 2.75) is 6.17 Å². The predicted molar refractivity (Wildman–Crippen MR) is 35.4 cm³/mol. The van der Waals surface area contributed by atoms with E-state index in [9.17, 15) is 4.79 Å². The normalized spacial score (nSPS) is 12.6. The van der Waals surface area contributed by atoms with Gasteiger partial charge in [0.05, 0.1) is 0 Å². The lowest BCUT2D eigenvalue weighted by atomic mass is 10.4. The van der Waals surface area contributed by atoms with Crippen molar-refractivity contribution in [2.75, 3.05) is 6.54 Å². The Morgan fingerprint density at radius 2 is 2.44 bits per heavy atom. The third-order valence-electron chi connectivity index (χ3n) is 0.789. The Kier molecular flexibility index (Phi) is 3.66. The predicted octanol–water partition coefficient (Wildman–Crippen LogP) is -1.47. The van der Waals surface area contributed by atoms with Crippen molar-refractivity contribution >= 4 is 5.91 Å². The largest absolute Gasteiger partial charge is 0.367 e. The number of hydrogen-bond donors (Lipinski definition) is 3. The van der Waals surface area contributed by atoms with Crippen LogP contribution in [0.5, 0.6) is 0 Å². The minimum absolute atomic E-state index is 0.490. The van der Waals surface area contributed by atoms with Gasteiger partial charge in [0, 0.05) is 6.54 Å². The highest BCUT2D eigenvalue weighted by Gasteiger charge is 2.04. The van der Waals surface area contributed by atoms with Crippen LogP contribution in [-0.2, 0) is 4.79 Å². The maximum absolute atomic E-state index is 10.2. The number of primary amides is 1. The zero-order valence-corrected chi connectivity index (χ0v) is 5.13. The Bertz CT molecular complexity index is 113. The molecule has 0 aromatic rings. The van der Waals surface area contributed by atoms with Crippen LogP contribution >= 0.6 is 0 Å². The van der Waals surface area contributed by atoms with Crippen LogP contribution in [0.25, 0.3) is 0 Å². The number of carbonyl (C=O) groups is 1. The highest BCUT2D eigenvalue weighted by atomic mass is 16.1. The van der Waals surface area contributed by atoms with Gasteiger partial charge in [0.1, 0.15) is 6.17 Å². The van der Waals surface area contributed by atoms with Crippen LogP contribution < -0.4 is 16.8 Å². The quantitative estimate of drug-likeness (QED) is 0.320. The Hall–Kier alpha value is -0.870. The summed E-state index contributed by atoms with van der Waals surface area (Å²) in [5.74, 6) is -0.558. The number of rotatable bonds is 4. The molecule has 0 bridgehead atoms. The summed E-state index contributed by atoms with van der Waals surface area (Å²) in [7, 11) is 0. The maximum atomic E-state index is 10.2. The van der Waals surface area contributed by atoms with Crippen LogP contribution in [0.1, 0.15) is 0 Å². The molecule has 0 aromatic carbocycles. The number of amides is 1. The third-order valence-corrected chi connectivity index (χ3v) is 0.789. The summed E-state index contributed by atoms with van der Waals surface area (Å²) in [4.78, 5) is 10.2. The molecule has 5 N–H and O–H groups in total. The lowest BCUT2D eigenvalue weighted by molar-refractivity contribution is -0.119. The molecule has 4 nitrogen and oxygen atoms in total. The highest BCUT2D eigenvalue weighted by Crippen LogP contribution is 1.67. The second-order valence-electron chi connectivity index (χ2n) is 1.58. The van der Waals surface area contributed by atoms with E-state index in [0.29, 0.717) is 6.54 Å². The van der Waals surface area contributed by atoms with E-state index >= 15 is 0 Å². The fraction of sp³-hybridized carbons (Fsp3) is 0.400. The fourth-order valence-corrected chi connectivity index (χ4v) is 0.311. The van der Waals surface area contributed by atoms with Crippen LogP contribution in [-0.4, -0.2) is 18.6 Å². The van der Waals surface area contributed by atoms with E-state index in [0.717, 1.165) is 0 Å². The summed E-state index contributed by atoms with van der Waals surface area (Å²) < 4.78 is 0. The molecule has 0 spiro atoms. The molecular formula is C5H11N3O. The first kappa shape index (κ1) is 8.13. The van der Waals surface area contributed by atoms with Crippen molar-refractivity contribution in [3.05, 3.63) is 12.7 Å². The van der Waals surface area contributed by atoms with Gasteiger partial charge in [-0.15, -0.1) is 6.58 Å². The maximum Gasteiger partial charge on any atom is 0.249 e. The van der Waals surface area contributed by atoms with E-state index in [2.05, 4.69) is 11.9 Å². The van der Waals surface area contributed by atoms with Crippen LogP contribution in [0.15, 0.2) is 12.7 Å². The summed E-state index contributed by atoms with van der Waals surface area (Å²) in [6, 6.07) is 0. The highest BCUT2D eigenvalue weighted by molar-refractivity contribution is 5.79. The van der Waals surface area contributed by atoms with Gasteiger partial charge in [0.25, 0.3) is 0 Å². The molecule has 0 rings (SSSR count). The van der Waals surface area contributed by atoms with Crippen LogP contribution in [0.3, 0.4) is 0 Å². The molecule has 1 unspecified atom stereocenters. The second kappa shape index (κ2) is 4.05. The topological polar surface area (TPSA) is 81.1 Å². The number of hydrogen-bond acceptors (Lipinski definition) is 3. The Labute approximate surface area is 53.9 Å². The first-order valence-electron chi connectivity index (χ1n) is 2.57. The van der Waals surface area contributed by atoms with Crippen molar-refractivity contribution < 1.29 is 4.79 Å². The second-order valence-corrected chi connectivity index (χ2v) is 1.58. The minimum Gasteiger partial charge on any atom is -0.367 e. The Morgan fingerprint density at radius 1 is 1.89 bits per heavy atom. The molecule has 52 valence electrons. The summed E-state index contributed by atoms with van der Waals surface area (Å²) in [5, 5.41) is 2.62. The SMILES string of the molecule is C=CCNC(N)C(N)=O. The average Bonchev–Trinajstić information content (AvgIpc) is 1.82. The monoisotopic (exact) mass is 129 g/mol. The zero-order valence-electron chi connectivity index (χ0n) is 5.13. The van der Waals surface area contributed by atoms with Gasteiger partial charge in [-0.25, -0.2) is 0 Å². The number of nitrogens with two attached hydrogens (primary N) is 2. The Morgan fingerprint density at radius 3 is 2.78 bits per heavy atom.